The van der Waals surface area contributed by atoms with Crippen LogP contribution in [-0.2, 0) is 11.8 Å². The zero-order valence-electron chi connectivity index (χ0n) is 12.9. The zero-order valence-corrected chi connectivity index (χ0v) is 12.9. The van der Waals surface area contributed by atoms with E-state index < -0.39 is 6.04 Å². The Kier molecular flexibility index (Phi) is 4.16. The third-order valence-electron chi connectivity index (χ3n) is 3.89. The fraction of sp³-hybridized carbons (Fsp3) is 0.533. The van der Waals surface area contributed by atoms with Crippen LogP contribution in [0.3, 0.4) is 0 Å². The van der Waals surface area contributed by atoms with Crippen molar-refractivity contribution in [2.45, 2.75) is 19.9 Å². The van der Waals surface area contributed by atoms with Crippen molar-refractivity contribution in [3.05, 3.63) is 34.2 Å². The largest absolute Gasteiger partial charge is 0.342 e. The molecule has 0 spiro atoms. The summed E-state index contributed by atoms with van der Waals surface area (Å²) in [4.78, 5) is 40.3. The van der Waals surface area contributed by atoms with Crippen molar-refractivity contribution in [1.29, 1.82) is 0 Å². The highest BCUT2D eigenvalue weighted by Crippen LogP contribution is 2.19. The van der Waals surface area contributed by atoms with Gasteiger partial charge in [0.15, 0.2) is 0 Å². The van der Waals surface area contributed by atoms with Gasteiger partial charge in [-0.2, -0.15) is 0 Å². The number of rotatable bonds is 2. The highest BCUT2D eigenvalue weighted by Gasteiger charge is 2.38. The van der Waals surface area contributed by atoms with Gasteiger partial charge in [-0.3, -0.25) is 14.4 Å². The van der Waals surface area contributed by atoms with Crippen molar-refractivity contribution >= 4 is 11.8 Å². The number of hydrogen-bond acceptors (Lipinski definition) is 3. The quantitative estimate of drug-likeness (QED) is 0.788. The monoisotopic (exact) mass is 291 g/mol. The van der Waals surface area contributed by atoms with Gasteiger partial charge in [0, 0.05) is 33.4 Å². The second-order valence-electron chi connectivity index (χ2n) is 5.79. The fourth-order valence-corrected chi connectivity index (χ4v) is 2.65. The number of pyridine rings is 1. The number of amides is 2. The summed E-state index contributed by atoms with van der Waals surface area (Å²) in [6, 6.07) is 2.67. The first-order valence-corrected chi connectivity index (χ1v) is 7.06. The van der Waals surface area contributed by atoms with Crippen LogP contribution in [0.4, 0.5) is 0 Å². The smallest absolute Gasteiger partial charge is 0.263 e. The molecule has 0 saturated carbocycles. The molecule has 1 fully saturated rings. The predicted octanol–water partition coefficient (Wildman–Crippen LogP) is 0.324. The molecule has 0 aromatic carbocycles. The lowest BCUT2D eigenvalue weighted by atomic mass is 9.98. The maximum atomic E-state index is 12.7. The number of carbonyl (C=O) groups is 2. The van der Waals surface area contributed by atoms with Crippen LogP contribution in [0.2, 0.25) is 0 Å². The normalized spacial score (nSPS) is 19.3. The molecule has 0 aliphatic carbocycles. The van der Waals surface area contributed by atoms with E-state index in [1.54, 1.807) is 31.3 Å². The van der Waals surface area contributed by atoms with Gasteiger partial charge >= 0.3 is 0 Å². The number of aryl methyl sites for hydroxylation is 1. The third kappa shape index (κ3) is 2.70. The minimum Gasteiger partial charge on any atom is -0.342 e. The summed E-state index contributed by atoms with van der Waals surface area (Å²) in [5.74, 6) is -0.439. The lowest BCUT2D eigenvalue weighted by molar-refractivity contribution is -0.140. The van der Waals surface area contributed by atoms with Gasteiger partial charge in [0.05, 0.1) is 0 Å². The molecule has 6 heteroatoms. The van der Waals surface area contributed by atoms with E-state index in [2.05, 4.69) is 0 Å². The highest BCUT2D eigenvalue weighted by atomic mass is 16.2. The Labute approximate surface area is 124 Å². The second kappa shape index (κ2) is 5.71. The van der Waals surface area contributed by atoms with Crippen LogP contribution in [0.25, 0.3) is 0 Å². The molecule has 2 heterocycles. The summed E-state index contributed by atoms with van der Waals surface area (Å²) in [5.41, 5.74) is -0.223. The van der Waals surface area contributed by atoms with E-state index in [1.165, 1.54) is 15.5 Å². The number of aromatic nitrogens is 1. The average Bonchev–Trinajstić information content (AvgIpc) is 2.43. The van der Waals surface area contributed by atoms with Crippen LogP contribution < -0.4 is 5.56 Å². The standard InChI is InChI=1S/C15H21N3O3/c1-10(2)12-15(21)17(4)8-9-18(12)14(20)11-6-5-7-16(3)13(11)19/h5-7,10,12H,8-9H2,1-4H3. The summed E-state index contributed by atoms with van der Waals surface area (Å²) in [7, 11) is 3.34. The Balaban J connectivity index is 2.39. The Morgan fingerprint density at radius 2 is 1.90 bits per heavy atom. The van der Waals surface area contributed by atoms with E-state index in [0.29, 0.717) is 13.1 Å². The molecule has 114 valence electrons. The number of hydrogen-bond donors (Lipinski definition) is 0. The molecule has 1 saturated heterocycles. The molecule has 1 atom stereocenters. The Hall–Kier alpha value is -2.11. The molecule has 0 bridgehead atoms. The van der Waals surface area contributed by atoms with Crippen molar-refractivity contribution in [2.75, 3.05) is 20.1 Å². The van der Waals surface area contributed by atoms with Crippen LogP contribution in [-0.4, -0.2) is 52.4 Å². The van der Waals surface area contributed by atoms with Crippen LogP contribution in [0, 0.1) is 5.92 Å². The van der Waals surface area contributed by atoms with Crippen LogP contribution in [0.1, 0.15) is 24.2 Å². The predicted molar refractivity (Wildman–Crippen MR) is 79.0 cm³/mol. The SMILES string of the molecule is CC(C)C1C(=O)N(C)CCN1C(=O)c1cccn(C)c1=O. The van der Waals surface area contributed by atoms with Gasteiger partial charge in [-0.15, -0.1) is 0 Å². The summed E-state index contributed by atoms with van der Waals surface area (Å²) < 4.78 is 1.37. The number of nitrogens with zero attached hydrogens (tertiary/aromatic N) is 3. The Morgan fingerprint density at radius 1 is 1.24 bits per heavy atom. The molecule has 2 rings (SSSR count). The van der Waals surface area contributed by atoms with Gasteiger partial charge in [0.2, 0.25) is 5.91 Å². The minimum absolute atomic E-state index is 0.00300. The van der Waals surface area contributed by atoms with Crippen molar-refractivity contribution in [3.63, 3.8) is 0 Å². The Bertz CT molecular complexity index is 621. The van der Waals surface area contributed by atoms with Gasteiger partial charge in [-0.05, 0) is 18.1 Å². The lowest BCUT2D eigenvalue weighted by Gasteiger charge is -2.41. The van der Waals surface area contributed by atoms with E-state index in [4.69, 9.17) is 0 Å². The molecule has 1 aromatic rings. The third-order valence-corrected chi connectivity index (χ3v) is 3.89. The van der Waals surface area contributed by atoms with Gasteiger partial charge in [-0.1, -0.05) is 13.8 Å². The van der Waals surface area contributed by atoms with Gasteiger partial charge in [-0.25, -0.2) is 0 Å². The van der Waals surface area contributed by atoms with E-state index in [-0.39, 0.29) is 28.9 Å². The molecule has 0 N–H and O–H groups in total. The maximum absolute atomic E-state index is 12.7. The average molecular weight is 291 g/mol. The van der Waals surface area contributed by atoms with E-state index in [0.717, 1.165) is 0 Å². The molecule has 1 aromatic heterocycles. The number of likely N-dealkylation sites (N-methyl/N-ethyl adjacent to an activating group) is 1. The molecule has 21 heavy (non-hydrogen) atoms. The molecular weight excluding hydrogens is 270 g/mol. The first-order chi connectivity index (χ1) is 9.84. The molecule has 6 nitrogen and oxygen atoms in total. The molecule has 0 radical (unpaired) electrons. The highest BCUT2D eigenvalue weighted by molar-refractivity contribution is 5.98. The number of piperazine rings is 1. The summed E-state index contributed by atoms with van der Waals surface area (Å²) in [6.45, 7) is 4.75. The van der Waals surface area contributed by atoms with E-state index in [1.807, 2.05) is 13.8 Å². The fourth-order valence-electron chi connectivity index (χ4n) is 2.65. The minimum atomic E-state index is -0.513. The maximum Gasteiger partial charge on any atom is 0.263 e. The topological polar surface area (TPSA) is 62.6 Å². The number of carbonyl (C=O) groups excluding carboxylic acids is 2. The molecule has 1 unspecified atom stereocenters. The van der Waals surface area contributed by atoms with Gasteiger partial charge in [0.1, 0.15) is 11.6 Å². The van der Waals surface area contributed by atoms with Crippen molar-refractivity contribution in [3.8, 4) is 0 Å². The van der Waals surface area contributed by atoms with Crippen LogP contribution in [0.5, 0.6) is 0 Å². The van der Waals surface area contributed by atoms with Gasteiger partial charge < -0.3 is 14.4 Å². The van der Waals surface area contributed by atoms with Crippen LogP contribution >= 0.6 is 0 Å². The first kappa shape index (κ1) is 15.3. The van der Waals surface area contributed by atoms with E-state index in [9.17, 15) is 14.4 Å². The van der Waals surface area contributed by atoms with E-state index >= 15 is 0 Å². The lowest BCUT2D eigenvalue weighted by Crippen LogP contribution is -2.60. The summed E-state index contributed by atoms with van der Waals surface area (Å²) in [5, 5.41) is 0. The molecule has 1 aliphatic rings. The molecular formula is C15H21N3O3. The van der Waals surface area contributed by atoms with Gasteiger partial charge in [0.25, 0.3) is 11.5 Å². The summed E-state index contributed by atoms with van der Waals surface area (Å²) >= 11 is 0. The molecule has 1 aliphatic heterocycles. The van der Waals surface area contributed by atoms with Crippen molar-refractivity contribution < 1.29 is 9.59 Å². The van der Waals surface area contributed by atoms with Crippen molar-refractivity contribution in [2.24, 2.45) is 13.0 Å². The summed E-state index contributed by atoms with van der Waals surface area (Å²) in [6.07, 6.45) is 1.61. The first-order valence-electron chi connectivity index (χ1n) is 7.06. The van der Waals surface area contributed by atoms with Crippen LogP contribution in [0.15, 0.2) is 23.1 Å². The zero-order chi connectivity index (χ0) is 15.7. The molecule has 2 amide bonds. The van der Waals surface area contributed by atoms with Crippen molar-refractivity contribution in [1.82, 2.24) is 14.4 Å². The second-order valence-corrected chi connectivity index (χ2v) is 5.79. The Morgan fingerprint density at radius 3 is 2.52 bits per heavy atom.